The number of nitro benzene ring substituents is 1. The summed E-state index contributed by atoms with van der Waals surface area (Å²) in [6.45, 7) is 3.69. The molecule has 3 rings (SSSR count). The van der Waals surface area contributed by atoms with Crippen molar-refractivity contribution in [3.8, 4) is 5.75 Å². The van der Waals surface area contributed by atoms with Gasteiger partial charge in [-0.25, -0.2) is 0 Å². The van der Waals surface area contributed by atoms with Crippen molar-refractivity contribution in [1.82, 2.24) is 4.90 Å². The van der Waals surface area contributed by atoms with Crippen LogP contribution in [0.2, 0.25) is 0 Å². The molecule has 1 aliphatic rings. The molecule has 2 aromatic carbocycles. The van der Waals surface area contributed by atoms with Gasteiger partial charge in [0.1, 0.15) is 11.4 Å². The normalized spacial score (nSPS) is 14.4. The Bertz CT molecular complexity index is 742. The van der Waals surface area contributed by atoms with Crippen molar-refractivity contribution in [2.75, 3.05) is 25.5 Å². The molecule has 0 atom stereocenters. The molecule has 0 aliphatic carbocycles. The lowest BCUT2D eigenvalue weighted by atomic mass is 10.1. The fourth-order valence-electron chi connectivity index (χ4n) is 3.19. The summed E-state index contributed by atoms with van der Waals surface area (Å²) in [6, 6.07) is 12.8. The van der Waals surface area contributed by atoms with Crippen LogP contribution in [-0.2, 0) is 13.1 Å². The molecule has 1 saturated heterocycles. The monoisotopic (exact) mass is 341 g/mol. The number of likely N-dealkylation sites (tertiary alicyclic amines) is 1. The molecular formula is C19H23N3O3. The molecule has 1 N–H and O–H groups in total. The summed E-state index contributed by atoms with van der Waals surface area (Å²) in [5, 5.41) is 14.2. The molecule has 1 aliphatic heterocycles. The third-order valence-corrected chi connectivity index (χ3v) is 4.53. The highest BCUT2D eigenvalue weighted by atomic mass is 16.6. The summed E-state index contributed by atoms with van der Waals surface area (Å²) in [7, 11) is 1.68. The minimum Gasteiger partial charge on any atom is -0.496 e. The lowest BCUT2D eigenvalue weighted by Gasteiger charge is -2.18. The zero-order valence-electron chi connectivity index (χ0n) is 14.4. The third kappa shape index (κ3) is 4.28. The highest BCUT2D eigenvalue weighted by Crippen LogP contribution is 2.26. The van der Waals surface area contributed by atoms with Crippen LogP contribution in [0.1, 0.15) is 24.0 Å². The molecule has 25 heavy (non-hydrogen) atoms. The SMILES string of the molecule is COc1cc(CNc2ccccc2[N+](=O)[O-])ccc1CN1CCCC1. The first kappa shape index (κ1) is 17.2. The standard InChI is InChI=1S/C19H23N3O3/c1-25-19-12-15(8-9-16(19)14-21-10-4-5-11-21)13-20-17-6-2-3-7-18(17)22(23)24/h2-3,6-9,12,20H,4-5,10-11,13-14H2,1H3. The average molecular weight is 341 g/mol. The van der Waals surface area contributed by atoms with Crippen LogP contribution in [0, 0.1) is 10.1 Å². The predicted molar refractivity (Wildman–Crippen MR) is 97.9 cm³/mol. The van der Waals surface area contributed by atoms with E-state index in [4.69, 9.17) is 4.74 Å². The smallest absolute Gasteiger partial charge is 0.292 e. The topological polar surface area (TPSA) is 67.6 Å². The Hall–Kier alpha value is -2.60. The van der Waals surface area contributed by atoms with E-state index in [9.17, 15) is 10.1 Å². The predicted octanol–water partition coefficient (Wildman–Crippen LogP) is 3.81. The van der Waals surface area contributed by atoms with Crippen molar-refractivity contribution in [2.24, 2.45) is 0 Å². The summed E-state index contributed by atoms with van der Waals surface area (Å²) in [4.78, 5) is 13.1. The number of methoxy groups -OCH3 is 1. The molecule has 1 fully saturated rings. The van der Waals surface area contributed by atoms with Gasteiger partial charge in [0.2, 0.25) is 0 Å². The summed E-state index contributed by atoms with van der Waals surface area (Å²) >= 11 is 0. The van der Waals surface area contributed by atoms with Crippen molar-refractivity contribution in [2.45, 2.75) is 25.9 Å². The van der Waals surface area contributed by atoms with E-state index in [0.29, 0.717) is 12.2 Å². The molecule has 6 heteroatoms. The van der Waals surface area contributed by atoms with E-state index >= 15 is 0 Å². The van der Waals surface area contributed by atoms with Crippen LogP contribution in [0.3, 0.4) is 0 Å². The Balaban J connectivity index is 1.70. The van der Waals surface area contributed by atoms with Gasteiger partial charge in [0, 0.05) is 24.7 Å². The lowest BCUT2D eigenvalue weighted by molar-refractivity contribution is -0.384. The Labute approximate surface area is 147 Å². The van der Waals surface area contributed by atoms with Gasteiger partial charge in [0.25, 0.3) is 5.69 Å². The van der Waals surface area contributed by atoms with Crippen molar-refractivity contribution in [1.29, 1.82) is 0 Å². The van der Waals surface area contributed by atoms with Crippen LogP contribution < -0.4 is 10.1 Å². The van der Waals surface area contributed by atoms with Gasteiger partial charge in [-0.15, -0.1) is 0 Å². The van der Waals surface area contributed by atoms with E-state index < -0.39 is 0 Å². The van der Waals surface area contributed by atoms with E-state index in [-0.39, 0.29) is 10.6 Å². The zero-order valence-corrected chi connectivity index (χ0v) is 14.4. The van der Waals surface area contributed by atoms with Gasteiger partial charge >= 0.3 is 0 Å². The van der Waals surface area contributed by atoms with Gasteiger partial charge in [-0.2, -0.15) is 0 Å². The van der Waals surface area contributed by atoms with Crippen LogP contribution >= 0.6 is 0 Å². The summed E-state index contributed by atoms with van der Waals surface area (Å²) in [5.41, 5.74) is 2.81. The molecule has 0 saturated carbocycles. The molecule has 2 aromatic rings. The first-order chi connectivity index (χ1) is 12.2. The molecule has 0 aromatic heterocycles. The maximum absolute atomic E-state index is 11.1. The molecule has 0 radical (unpaired) electrons. The largest absolute Gasteiger partial charge is 0.496 e. The van der Waals surface area contributed by atoms with Gasteiger partial charge < -0.3 is 10.1 Å². The number of nitro groups is 1. The Morgan fingerprint density at radius 2 is 1.96 bits per heavy atom. The quantitative estimate of drug-likeness (QED) is 0.613. The van der Waals surface area contributed by atoms with Crippen LogP contribution in [-0.4, -0.2) is 30.0 Å². The number of benzene rings is 2. The van der Waals surface area contributed by atoms with Crippen LogP contribution in [0.15, 0.2) is 42.5 Å². The van der Waals surface area contributed by atoms with Crippen LogP contribution in [0.5, 0.6) is 5.75 Å². The Kier molecular flexibility index (Phi) is 5.50. The Morgan fingerprint density at radius 3 is 2.68 bits per heavy atom. The number of para-hydroxylation sites is 2. The number of anilines is 1. The van der Waals surface area contributed by atoms with Gasteiger partial charge in [-0.05, 0) is 43.6 Å². The molecule has 1 heterocycles. The lowest BCUT2D eigenvalue weighted by Crippen LogP contribution is -2.18. The van der Waals surface area contributed by atoms with Crippen molar-refractivity contribution < 1.29 is 9.66 Å². The maximum atomic E-state index is 11.1. The Morgan fingerprint density at radius 1 is 1.20 bits per heavy atom. The number of ether oxygens (including phenoxy) is 1. The van der Waals surface area contributed by atoms with Gasteiger partial charge in [-0.3, -0.25) is 15.0 Å². The second-order valence-electron chi connectivity index (χ2n) is 6.26. The molecule has 0 unspecified atom stereocenters. The fraction of sp³-hybridized carbons (Fsp3) is 0.368. The van der Waals surface area contributed by atoms with E-state index in [0.717, 1.165) is 30.9 Å². The molecule has 6 nitrogen and oxygen atoms in total. The number of nitrogens with zero attached hydrogens (tertiary/aromatic N) is 2. The summed E-state index contributed by atoms with van der Waals surface area (Å²) in [6.07, 6.45) is 2.53. The zero-order chi connectivity index (χ0) is 17.6. The van der Waals surface area contributed by atoms with Crippen LogP contribution in [0.4, 0.5) is 11.4 Å². The van der Waals surface area contributed by atoms with Crippen molar-refractivity contribution in [3.05, 3.63) is 63.7 Å². The van der Waals surface area contributed by atoms with E-state index in [1.165, 1.54) is 24.5 Å². The highest BCUT2D eigenvalue weighted by Gasteiger charge is 2.15. The number of hydrogen-bond acceptors (Lipinski definition) is 5. The highest BCUT2D eigenvalue weighted by molar-refractivity contribution is 5.61. The van der Waals surface area contributed by atoms with Crippen LogP contribution in [0.25, 0.3) is 0 Å². The third-order valence-electron chi connectivity index (χ3n) is 4.53. The fourth-order valence-corrected chi connectivity index (χ4v) is 3.19. The molecule has 0 amide bonds. The van der Waals surface area contributed by atoms with E-state index in [1.54, 1.807) is 25.3 Å². The van der Waals surface area contributed by atoms with Gasteiger partial charge in [0.15, 0.2) is 0 Å². The summed E-state index contributed by atoms with van der Waals surface area (Å²) < 4.78 is 5.55. The second kappa shape index (κ2) is 7.98. The first-order valence-electron chi connectivity index (χ1n) is 8.53. The van der Waals surface area contributed by atoms with Crippen molar-refractivity contribution in [3.63, 3.8) is 0 Å². The maximum Gasteiger partial charge on any atom is 0.292 e. The molecule has 0 spiro atoms. The van der Waals surface area contributed by atoms with Crippen molar-refractivity contribution >= 4 is 11.4 Å². The number of rotatable bonds is 7. The summed E-state index contributed by atoms with van der Waals surface area (Å²) in [5.74, 6) is 0.869. The average Bonchev–Trinajstić information content (AvgIpc) is 3.14. The number of nitrogens with one attached hydrogen (secondary N) is 1. The number of hydrogen-bond donors (Lipinski definition) is 1. The molecular weight excluding hydrogens is 318 g/mol. The van der Waals surface area contributed by atoms with Gasteiger partial charge in [-0.1, -0.05) is 24.3 Å². The van der Waals surface area contributed by atoms with E-state index in [1.807, 2.05) is 6.07 Å². The van der Waals surface area contributed by atoms with E-state index in [2.05, 4.69) is 22.3 Å². The minimum absolute atomic E-state index is 0.0834. The minimum atomic E-state index is -0.373. The molecule has 132 valence electrons. The second-order valence-corrected chi connectivity index (χ2v) is 6.26. The first-order valence-corrected chi connectivity index (χ1v) is 8.53. The molecule has 0 bridgehead atoms. The van der Waals surface area contributed by atoms with Gasteiger partial charge in [0.05, 0.1) is 12.0 Å².